The first kappa shape index (κ1) is 15.1. The number of ether oxygens (including phenoxy) is 1. The molecule has 1 heterocycles. The van der Waals surface area contributed by atoms with Crippen molar-refractivity contribution in [2.24, 2.45) is 0 Å². The van der Waals surface area contributed by atoms with Crippen molar-refractivity contribution in [3.8, 4) is 0 Å². The Morgan fingerprint density at radius 1 is 1.30 bits per heavy atom. The second-order valence-electron chi connectivity index (χ2n) is 4.68. The van der Waals surface area contributed by atoms with E-state index in [0.717, 1.165) is 35.1 Å². The lowest BCUT2D eigenvalue weighted by molar-refractivity contribution is 0.162. The summed E-state index contributed by atoms with van der Waals surface area (Å²) in [5, 5.41) is 4.22. The van der Waals surface area contributed by atoms with Crippen molar-refractivity contribution < 1.29 is 9.15 Å². The third-order valence-electron chi connectivity index (χ3n) is 3.03. The second-order valence-corrected chi connectivity index (χ2v) is 5.12. The fraction of sp³-hybridized carbons (Fsp3) is 0.375. The SMILES string of the molecule is CCCNC(c1cccc(Cl)c1)c1ccc(COC)o1. The van der Waals surface area contributed by atoms with Crippen LogP contribution in [0, 0.1) is 0 Å². The molecule has 1 atom stereocenters. The third kappa shape index (κ3) is 3.85. The minimum atomic E-state index is 0.0132. The van der Waals surface area contributed by atoms with Gasteiger partial charge in [0.2, 0.25) is 0 Å². The summed E-state index contributed by atoms with van der Waals surface area (Å²) >= 11 is 6.09. The van der Waals surface area contributed by atoms with E-state index in [0.29, 0.717) is 6.61 Å². The van der Waals surface area contributed by atoms with Crippen LogP contribution < -0.4 is 5.32 Å². The van der Waals surface area contributed by atoms with Crippen molar-refractivity contribution in [2.45, 2.75) is 26.0 Å². The van der Waals surface area contributed by atoms with Crippen molar-refractivity contribution in [3.05, 3.63) is 58.5 Å². The number of halogens is 1. The maximum absolute atomic E-state index is 6.09. The molecule has 108 valence electrons. The summed E-state index contributed by atoms with van der Waals surface area (Å²) in [6.07, 6.45) is 1.06. The first-order chi connectivity index (χ1) is 9.74. The Morgan fingerprint density at radius 3 is 2.85 bits per heavy atom. The predicted octanol–water partition coefficient (Wildman–Crippen LogP) is 4.17. The van der Waals surface area contributed by atoms with Gasteiger partial charge < -0.3 is 14.5 Å². The van der Waals surface area contributed by atoms with Crippen LogP contribution >= 0.6 is 11.6 Å². The number of methoxy groups -OCH3 is 1. The molecule has 1 unspecified atom stereocenters. The molecule has 0 aliphatic carbocycles. The standard InChI is InChI=1S/C16H20ClNO2/c1-3-9-18-16(12-5-4-6-13(17)10-12)15-8-7-14(20-15)11-19-2/h4-8,10,16,18H,3,9,11H2,1-2H3. The van der Waals surface area contributed by atoms with E-state index in [-0.39, 0.29) is 6.04 Å². The average Bonchev–Trinajstić information content (AvgIpc) is 2.88. The summed E-state index contributed by atoms with van der Waals surface area (Å²) in [6, 6.07) is 11.8. The van der Waals surface area contributed by atoms with Crippen LogP contribution in [0.15, 0.2) is 40.8 Å². The van der Waals surface area contributed by atoms with Gasteiger partial charge in [-0.2, -0.15) is 0 Å². The highest BCUT2D eigenvalue weighted by atomic mass is 35.5. The molecule has 0 saturated carbocycles. The smallest absolute Gasteiger partial charge is 0.129 e. The van der Waals surface area contributed by atoms with Gasteiger partial charge >= 0.3 is 0 Å². The highest BCUT2D eigenvalue weighted by molar-refractivity contribution is 6.30. The number of furan rings is 1. The molecule has 0 saturated heterocycles. The molecule has 0 fully saturated rings. The van der Waals surface area contributed by atoms with Gasteiger partial charge in [-0.25, -0.2) is 0 Å². The summed E-state index contributed by atoms with van der Waals surface area (Å²) in [6.45, 7) is 3.54. The maximum Gasteiger partial charge on any atom is 0.129 e. The summed E-state index contributed by atoms with van der Waals surface area (Å²) in [7, 11) is 1.66. The second kappa shape index (κ2) is 7.48. The molecule has 0 spiro atoms. The maximum atomic E-state index is 6.09. The van der Waals surface area contributed by atoms with Gasteiger partial charge in [0.25, 0.3) is 0 Å². The number of hydrogen-bond donors (Lipinski definition) is 1. The van der Waals surface area contributed by atoms with Crippen molar-refractivity contribution in [1.82, 2.24) is 5.32 Å². The summed E-state index contributed by atoms with van der Waals surface area (Å²) in [4.78, 5) is 0. The van der Waals surface area contributed by atoms with E-state index in [4.69, 9.17) is 20.8 Å². The zero-order valence-corrected chi connectivity index (χ0v) is 12.6. The molecule has 4 heteroatoms. The van der Waals surface area contributed by atoms with E-state index >= 15 is 0 Å². The molecule has 1 N–H and O–H groups in total. The molecule has 20 heavy (non-hydrogen) atoms. The largest absolute Gasteiger partial charge is 0.462 e. The van der Waals surface area contributed by atoms with Crippen LogP contribution in [-0.4, -0.2) is 13.7 Å². The fourth-order valence-corrected chi connectivity index (χ4v) is 2.33. The molecular formula is C16H20ClNO2. The molecule has 2 rings (SSSR count). The zero-order valence-electron chi connectivity index (χ0n) is 11.9. The van der Waals surface area contributed by atoms with E-state index < -0.39 is 0 Å². The van der Waals surface area contributed by atoms with Crippen molar-refractivity contribution in [3.63, 3.8) is 0 Å². The normalized spacial score (nSPS) is 12.6. The number of benzene rings is 1. The summed E-state index contributed by atoms with van der Waals surface area (Å²) in [5.41, 5.74) is 1.10. The van der Waals surface area contributed by atoms with Gasteiger partial charge in [0, 0.05) is 12.1 Å². The lowest BCUT2D eigenvalue weighted by atomic mass is 10.0. The first-order valence-corrected chi connectivity index (χ1v) is 7.18. The van der Waals surface area contributed by atoms with Crippen LogP contribution in [0.5, 0.6) is 0 Å². The Balaban J connectivity index is 2.26. The monoisotopic (exact) mass is 293 g/mol. The predicted molar refractivity (Wildman–Crippen MR) is 81.0 cm³/mol. The van der Waals surface area contributed by atoms with Gasteiger partial charge in [0.05, 0.1) is 6.04 Å². The van der Waals surface area contributed by atoms with Crippen LogP contribution in [0.1, 0.15) is 36.5 Å². The van der Waals surface area contributed by atoms with Crippen molar-refractivity contribution >= 4 is 11.6 Å². The first-order valence-electron chi connectivity index (χ1n) is 6.81. The molecular weight excluding hydrogens is 274 g/mol. The minimum absolute atomic E-state index is 0.0132. The third-order valence-corrected chi connectivity index (χ3v) is 3.27. The Kier molecular flexibility index (Phi) is 5.65. The van der Waals surface area contributed by atoms with Gasteiger partial charge in [-0.15, -0.1) is 0 Å². The molecule has 1 aromatic carbocycles. The Hall–Kier alpha value is -1.29. The Labute approximate surface area is 124 Å². The molecule has 0 aliphatic heterocycles. The van der Waals surface area contributed by atoms with Crippen molar-refractivity contribution in [2.75, 3.05) is 13.7 Å². The van der Waals surface area contributed by atoms with Gasteiger partial charge in [0.1, 0.15) is 18.1 Å². The highest BCUT2D eigenvalue weighted by Gasteiger charge is 2.17. The van der Waals surface area contributed by atoms with Crippen LogP contribution in [0.3, 0.4) is 0 Å². The van der Waals surface area contributed by atoms with Gasteiger partial charge in [-0.05, 0) is 42.8 Å². The number of nitrogens with one attached hydrogen (secondary N) is 1. The summed E-state index contributed by atoms with van der Waals surface area (Å²) in [5.74, 6) is 1.71. The zero-order chi connectivity index (χ0) is 14.4. The van der Waals surface area contributed by atoms with Gasteiger partial charge in [-0.3, -0.25) is 0 Å². The number of rotatable bonds is 7. The Bertz CT molecular complexity index is 539. The van der Waals surface area contributed by atoms with Crippen LogP contribution in [0.2, 0.25) is 5.02 Å². The van der Waals surface area contributed by atoms with Crippen LogP contribution in [0.4, 0.5) is 0 Å². The molecule has 0 bridgehead atoms. The lowest BCUT2D eigenvalue weighted by Crippen LogP contribution is -2.22. The number of hydrogen-bond acceptors (Lipinski definition) is 3. The van der Waals surface area contributed by atoms with E-state index in [1.54, 1.807) is 7.11 Å². The quantitative estimate of drug-likeness (QED) is 0.832. The lowest BCUT2D eigenvalue weighted by Gasteiger charge is -2.17. The average molecular weight is 294 g/mol. The van der Waals surface area contributed by atoms with Crippen LogP contribution in [-0.2, 0) is 11.3 Å². The van der Waals surface area contributed by atoms with Gasteiger partial charge in [0.15, 0.2) is 0 Å². The molecule has 0 amide bonds. The molecule has 3 nitrogen and oxygen atoms in total. The van der Waals surface area contributed by atoms with E-state index in [1.807, 2.05) is 30.3 Å². The fourth-order valence-electron chi connectivity index (χ4n) is 2.13. The van der Waals surface area contributed by atoms with E-state index in [1.165, 1.54) is 0 Å². The van der Waals surface area contributed by atoms with Crippen molar-refractivity contribution in [1.29, 1.82) is 0 Å². The Morgan fingerprint density at radius 2 is 2.15 bits per heavy atom. The molecule has 0 aliphatic rings. The molecule has 0 radical (unpaired) electrons. The highest BCUT2D eigenvalue weighted by Crippen LogP contribution is 2.26. The van der Waals surface area contributed by atoms with Crippen LogP contribution in [0.25, 0.3) is 0 Å². The van der Waals surface area contributed by atoms with Gasteiger partial charge in [-0.1, -0.05) is 30.7 Å². The van der Waals surface area contributed by atoms with E-state index in [9.17, 15) is 0 Å². The topological polar surface area (TPSA) is 34.4 Å². The molecule has 2 aromatic rings. The summed E-state index contributed by atoms with van der Waals surface area (Å²) < 4.78 is 10.9. The minimum Gasteiger partial charge on any atom is -0.462 e. The van der Waals surface area contributed by atoms with E-state index in [2.05, 4.69) is 18.3 Å². The molecule has 1 aromatic heterocycles.